The largest absolute Gasteiger partial charge is 0.349 e. The summed E-state index contributed by atoms with van der Waals surface area (Å²) in [6, 6.07) is 10.5. The van der Waals surface area contributed by atoms with E-state index >= 15 is 0 Å². The van der Waals surface area contributed by atoms with Gasteiger partial charge in [-0.05, 0) is 30.4 Å². The van der Waals surface area contributed by atoms with Crippen molar-refractivity contribution in [2.75, 3.05) is 0 Å². The molecule has 3 heteroatoms. The van der Waals surface area contributed by atoms with Crippen molar-refractivity contribution in [1.29, 1.82) is 0 Å². The molecular formula is C15H17NOS. The maximum atomic E-state index is 12.2. The minimum Gasteiger partial charge on any atom is -0.349 e. The summed E-state index contributed by atoms with van der Waals surface area (Å²) in [7, 11) is 0. The molecule has 1 fully saturated rings. The average Bonchev–Trinajstić information content (AvgIpc) is 2.84. The van der Waals surface area contributed by atoms with Crippen molar-refractivity contribution in [1.82, 2.24) is 5.32 Å². The van der Waals surface area contributed by atoms with Crippen molar-refractivity contribution in [3.63, 3.8) is 0 Å². The van der Waals surface area contributed by atoms with Crippen LogP contribution in [0.25, 0.3) is 10.1 Å². The highest BCUT2D eigenvalue weighted by Gasteiger charge is 2.17. The van der Waals surface area contributed by atoms with E-state index in [-0.39, 0.29) is 5.91 Å². The molecule has 0 saturated heterocycles. The highest BCUT2D eigenvalue weighted by Crippen LogP contribution is 2.26. The van der Waals surface area contributed by atoms with E-state index in [1.54, 1.807) is 11.3 Å². The summed E-state index contributed by atoms with van der Waals surface area (Å²) >= 11 is 1.58. The molecule has 1 aliphatic carbocycles. The second kappa shape index (κ2) is 5.11. The second-order valence-electron chi connectivity index (χ2n) is 4.96. The number of hydrogen-bond donors (Lipinski definition) is 1. The van der Waals surface area contributed by atoms with E-state index in [1.165, 1.54) is 24.0 Å². The highest BCUT2D eigenvalue weighted by atomic mass is 32.1. The molecule has 0 aliphatic heterocycles. The lowest BCUT2D eigenvalue weighted by Crippen LogP contribution is -2.35. The van der Waals surface area contributed by atoms with Gasteiger partial charge in [0.1, 0.15) is 0 Å². The van der Waals surface area contributed by atoms with Gasteiger partial charge in [0.15, 0.2) is 0 Å². The summed E-state index contributed by atoms with van der Waals surface area (Å²) in [4.78, 5) is 13.0. The lowest BCUT2D eigenvalue weighted by Gasteiger charge is -2.22. The van der Waals surface area contributed by atoms with Gasteiger partial charge in [0.25, 0.3) is 5.91 Å². The predicted molar refractivity (Wildman–Crippen MR) is 76.2 cm³/mol. The van der Waals surface area contributed by atoms with E-state index in [2.05, 4.69) is 17.4 Å². The summed E-state index contributed by atoms with van der Waals surface area (Å²) in [6.07, 6.45) is 6.08. The minimum absolute atomic E-state index is 0.100. The SMILES string of the molecule is O=C(NC1CCCCC1)c1cc2ccccc2s1. The molecule has 1 N–H and O–H groups in total. The van der Waals surface area contributed by atoms with Crippen LogP contribution >= 0.6 is 11.3 Å². The number of carbonyl (C=O) groups excluding carboxylic acids is 1. The quantitative estimate of drug-likeness (QED) is 0.869. The van der Waals surface area contributed by atoms with Crippen LogP contribution in [0.3, 0.4) is 0 Å². The second-order valence-corrected chi connectivity index (χ2v) is 6.04. The van der Waals surface area contributed by atoms with Gasteiger partial charge in [-0.25, -0.2) is 0 Å². The minimum atomic E-state index is 0.100. The highest BCUT2D eigenvalue weighted by molar-refractivity contribution is 7.20. The molecule has 0 radical (unpaired) electrons. The number of hydrogen-bond acceptors (Lipinski definition) is 2. The van der Waals surface area contributed by atoms with Crippen molar-refractivity contribution >= 4 is 27.3 Å². The Kier molecular flexibility index (Phi) is 3.33. The number of amides is 1. The van der Waals surface area contributed by atoms with Crippen molar-refractivity contribution in [2.45, 2.75) is 38.1 Å². The van der Waals surface area contributed by atoms with Gasteiger partial charge in [0.05, 0.1) is 4.88 Å². The van der Waals surface area contributed by atoms with Gasteiger partial charge in [-0.2, -0.15) is 0 Å². The van der Waals surface area contributed by atoms with Gasteiger partial charge in [0.2, 0.25) is 0 Å². The Bertz CT molecular complexity index is 521. The molecule has 1 aromatic heterocycles. The van der Waals surface area contributed by atoms with Gasteiger partial charge >= 0.3 is 0 Å². The molecule has 0 unspecified atom stereocenters. The monoisotopic (exact) mass is 259 g/mol. The molecule has 0 atom stereocenters. The van der Waals surface area contributed by atoms with Crippen LogP contribution in [0.1, 0.15) is 41.8 Å². The first-order valence-electron chi connectivity index (χ1n) is 6.62. The molecule has 2 aromatic rings. The Morgan fingerprint density at radius 3 is 2.72 bits per heavy atom. The van der Waals surface area contributed by atoms with Crippen LogP contribution < -0.4 is 5.32 Å². The van der Waals surface area contributed by atoms with Gasteiger partial charge in [-0.15, -0.1) is 11.3 Å². The smallest absolute Gasteiger partial charge is 0.261 e. The number of carbonyl (C=O) groups is 1. The summed E-state index contributed by atoms with van der Waals surface area (Å²) in [6.45, 7) is 0. The lowest BCUT2D eigenvalue weighted by atomic mass is 9.95. The summed E-state index contributed by atoms with van der Waals surface area (Å²) in [5.41, 5.74) is 0. The number of fused-ring (bicyclic) bond motifs is 1. The van der Waals surface area contributed by atoms with E-state index < -0.39 is 0 Å². The van der Waals surface area contributed by atoms with Gasteiger partial charge < -0.3 is 5.32 Å². The van der Waals surface area contributed by atoms with Crippen molar-refractivity contribution in [3.05, 3.63) is 35.2 Å². The maximum absolute atomic E-state index is 12.2. The molecule has 18 heavy (non-hydrogen) atoms. The molecule has 0 bridgehead atoms. The zero-order chi connectivity index (χ0) is 12.4. The molecule has 1 saturated carbocycles. The van der Waals surface area contributed by atoms with Gasteiger partial charge in [-0.1, -0.05) is 37.5 Å². The molecule has 2 nitrogen and oxygen atoms in total. The molecule has 1 amide bonds. The summed E-state index contributed by atoms with van der Waals surface area (Å²) in [5.74, 6) is 0.100. The molecule has 1 aromatic carbocycles. The van der Waals surface area contributed by atoms with Crippen LogP contribution in [-0.4, -0.2) is 11.9 Å². The van der Waals surface area contributed by atoms with Crippen LogP contribution in [0.5, 0.6) is 0 Å². The average molecular weight is 259 g/mol. The zero-order valence-electron chi connectivity index (χ0n) is 10.3. The van der Waals surface area contributed by atoms with Crippen LogP contribution in [0, 0.1) is 0 Å². The van der Waals surface area contributed by atoms with Crippen molar-refractivity contribution in [3.8, 4) is 0 Å². The number of benzene rings is 1. The first kappa shape index (κ1) is 11.7. The maximum Gasteiger partial charge on any atom is 0.261 e. The molecule has 1 heterocycles. The first-order valence-corrected chi connectivity index (χ1v) is 7.44. The Labute approximate surface area is 111 Å². The predicted octanol–water partition coefficient (Wildman–Crippen LogP) is 3.96. The first-order chi connectivity index (χ1) is 8.83. The molecule has 1 aliphatic rings. The molecule has 94 valence electrons. The Hall–Kier alpha value is -1.35. The van der Waals surface area contributed by atoms with Crippen LogP contribution in [0.15, 0.2) is 30.3 Å². The van der Waals surface area contributed by atoms with Crippen LogP contribution in [0.2, 0.25) is 0 Å². The van der Waals surface area contributed by atoms with E-state index in [0.717, 1.165) is 23.1 Å². The van der Waals surface area contributed by atoms with Crippen LogP contribution in [-0.2, 0) is 0 Å². The molecular weight excluding hydrogens is 242 g/mol. The van der Waals surface area contributed by atoms with Gasteiger partial charge in [0, 0.05) is 10.7 Å². The topological polar surface area (TPSA) is 29.1 Å². The van der Waals surface area contributed by atoms with E-state index in [1.807, 2.05) is 18.2 Å². The number of thiophene rings is 1. The van der Waals surface area contributed by atoms with E-state index in [0.29, 0.717) is 6.04 Å². The summed E-state index contributed by atoms with van der Waals surface area (Å²) < 4.78 is 1.19. The third kappa shape index (κ3) is 2.41. The third-order valence-electron chi connectivity index (χ3n) is 3.59. The third-order valence-corrected chi connectivity index (χ3v) is 4.70. The Morgan fingerprint density at radius 1 is 1.17 bits per heavy atom. The Balaban J connectivity index is 1.74. The molecule has 3 rings (SSSR count). The molecule has 0 spiro atoms. The standard InChI is InChI=1S/C15H17NOS/c17-15(16-12-7-2-1-3-8-12)14-10-11-6-4-5-9-13(11)18-14/h4-6,9-10,12H,1-3,7-8H2,(H,16,17). The fourth-order valence-corrected chi connectivity index (χ4v) is 3.56. The van der Waals surface area contributed by atoms with E-state index in [4.69, 9.17) is 0 Å². The van der Waals surface area contributed by atoms with Crippen molar-refractivity contribution in [2.24, 2.45) is 0 Å². The summed E-state index contributed by atoms with van der Waals surface area (Å²) in [5, 5.41) is 4.33. The Morgan fingerprint density at radius 2 is 1.94 bits per heavy atom. The van der Waals surface area contributed by atoms with E-state index in [9.17, 15) is 4.79 Å². The number of nitrogens with one attached hydrogen (secondary N) is 1. The fraction of sp³-hybridized carbons (Fsp3) is 0.400. The lowest BCUT2D eigenvalue weighted by molar-refractivity contribution is 0.0932. The zero-order valence-corrected chi connectivity index (χ0v) is 11.1. The van der Waals surface area contributed by atoms with Crippen molar-refractivity contribution < 1.29 is 4.79 Å². The number of rotatable bonds is 2. The fourth-order valence-electron chi connectivity index (χ4n) is 2.60. The van der Waals surface area contributed by atoms with Crippen LogP contribution in [0.4, 0.5) is 0 Å². The van der Waals surface area contributed by atoms with Gasteiger partial charge in [-0.3, -0.25) is 4.79 Å². The normalized spacial score (nSPS) is 16.9.